The van der Waals surface area contributed by atoms with Crippen molar-refractivity contribution in [1.82, 2.24) is 0 Å². The summed E-state index contributed by atoms with van der Waals surface area (Å²) in [5.41, 5.74) is 3.49. The highest BCUT2D eigenvalue weighted by atomic mass is 35.5. The molecule has 1 aliphatic heterocycles. The first-order valence-corrected chi connectivity index (χ1v) is 10.4. The van der Waals surface area contributed by atoms with Gasteiger partial charge in [-0.3, -0.25) is 24.6 Å². The summed E-state index contributed by atoms with van der Waals surface area (Å²) in [6, 6.07) is 12.1. The highest BCUT2D eigenvalue weighted by Gasteiger charge is 2.40. The number of allylic oxidation sites excluding steroid dienone is 2. The zero-order chi connectivity index (χ0) is 21.4. The fourth-order valence-electron chi connectivity index (χ4n) is 4.33. The van der Waals surface area contributed by atoms with Crippen LogP contribution in [0.3, 0.4) is 0 Å². The number of nitro groups is 1. The molecular formula is C23H21ClN2O4. The predicted molar refractivity (Wildman–Crippen MR) is 115 cm³/mol. The van der Waals surface area contributed by atoms with Crippen LogP contribution in [-0.2, 0) is 16.0 Å². The number of amides is 1. The molecule has 2 aliphatic rings. The number of rotatable bonds is 4. The molecule has 1 unspecified atom stereocenters. The van der Waals surface area contributed by atoms with Gasteiger partial charge in [0.25, 0.3) is 5.69 Å². The van der Waals surface area contributed by atoms with E-state index in [9.17, 15) is 19.7 Å². The molecule has 0 bridgehead atoms. The summed E-state index contributed by atoms with van der Waals surface area (Å²) < 4.78 is 0. The van der Waals surface area contributed by atoms with Gasteiger partial charge in [0.2, 0.25) is 5.91 Å². The van der Waals surface area contributed by atoms with E-state index in [-0.39, 0.29) is 40.4 Å². The zero-order valence-corrected chi connectivity index (χ0v) is 17.3. The van der Waals surface area contributed by atoms with Crippen LogP contribution >= 0.6 is 11.6 Å². The number of carbonyl (C=O) groups is 2. The topological polar surface area (TPSA) is 80.5 Å². The number of halogens is 1. The van der Waals surface area contributed by atoms with Crippen LogP contribution < -0.4 is 4.90 Å². The van der Waals surface area contributed by atoms with Gasteiger partial charge in [-0.05, 0) is 36.5 Å². The van der Waals surface area contributed by atoms with Crippen molar-refractivity contribution in [3.05, 3.63) is 80.0 Å². The SMILES string of the molecule is CCc1ccc(C2CC(=O)N(c3cc([N+](=O)[O-])ccc3Cl)C3=C2C(=O)CCC3)cc1. The molecule has 0 saturated heterocycles. The Morgan fingerprint density at radius 3 is 2.53 bits per heavy atom. The molecule has 0 radical (unpaired) electrons. The fraction of sp³-hybridized carbons (Fsp3) is 0.304. The summed E-state index contributed by atoms with van der Waals surface area (Å²) >= 11 is 6.33. The van der Waals surface area contributed by atoms with E-state index in [0.29, 0.717) is 30.5 Å². The molecule has 2 aromatic rings. The van der Waals surface area contributed by atoms with Crippen molar-refractivity contribution in [2.45, 2.75) is 44.9 Å². The minimum absolute atomic E-state index is 0.0277. The highest BCUT2D eigenvalue weighted by Crippen LogP contribution is 2.45. The Kier molecular flexibility index (Phi) is 5.43. The first-order chi connectivity index (χ1) is 14.4. The summed E-state index contributed by atoms with van der Waals surface area (Å²) in [7, 11) is 0. The maximum absolute atomic E-state index is 13.2. The maximum atomic E-state index is 13.2. The number of benzene rings is 2. The molecule has 1 heterocycles. The summed E-state index contributed by atoms with van der Waals surface area (Å²) in [5, 5.41) is 11.5. The van der Waals surface area contributed by atoms with Gasteiger partial charge in [0.15, 0.2) is 5.78 Å². The zero-order valence-electron chi connectivity index (χ0n) is 16.6. The minimum atomic E-state index is -0.520. The number of nitrogens with zero attached hydrogens (tertiary/aromatic N) is 2. The molecule has 0 fully saturated rings. The number of Topliss-reactive ketones (excluding diaryl/α,β-unsaturated/α-hetero) is 1. The summed E-state index contributed by atoms with van der Waals surface area (Å²) in [5.74, 6) is -0.491. The Morgan fingerprint density at radius 1 is 1.13 bits per heavy atom. The largest absolute Gasteiger partial charge is 0.294 e. The molecule has 0 saturated carbocycles. The molecule has 2 aromatic carbocycles. The van der Waals surface area contributed by atoms with E-state index in [1.807, 2.05) is 24.3 Å². The first-order valence-electron chi connectivity index (χ1n) is 10.0. The molecule has 1 amide bonds. The molecule has 0 spiro atoms. The molecule has 7 heteroatoms. The fourth-order valence-corrected chi connectivity index (χ4v) is 4.53. The first kappa shape index (κ1) is 20.3. The van der Waals surface area contributed by atoms with E-state index in [1.54, 1.807) is 0 Å². The quantitative estimate of drug-likeness (QED) is 0.490. The molecule has 1 atom stereocenters. The standard InChI is InChI=1S/C23H21ClN2O4/c1-2-14-6-8-15(9-7-14)17-13-22(28)25(19-4-3-5-21(27)23(17)19)20-12-16(26(29)30)10-11-18(20)24/h6-12,17H,2-5,13H2,1H3. The maximum Gasteiger partial charge on any atom is 0.271 e. The van der Waals surface area contributed by atoms with E-state index in [2.05, 4.69) is 6.92 Å². The highest BCUT2D eigenvalue weighted by molar-refractivity contribution is 6.34. The third-order valence-electron chi connectivity index (χ3n) is 5.85. The van der Waals surface area contributed by atoms with Crippen LogP contribution in [0, 0.1) is 10.1 Å². The van der Waals surface area contributed by atoms with Crippen molar-refractivity contribution in [2.24, 2.45) is 0 Å². The third kappa shape index (κ3) is 3.52. The number of non-ortho nitro benzene ring substituents is 1. The van der Waals surface area contributed by atoms with Gasteiger partial charge in [-0.15, -0.1) is 0 Å². The van der Waals surface area contributed by atoms with E-state index in [1.165, 1.54) is 28.7 Å². The lowest BCUT2D eigenvalue weighted by Crippen LogP contribution is -2.40. The van der Waals surface area contributed by atoms with Gasteiger partial charge in [-0.25, -0.2) is 0 Å². The van der Waals surface area contributed by atoms with Crippen molar-refractivity contribution in [2.75, 3.05) is 4.90 Å². The van der Waals surface area contributed by atoms with Gasteiger partial charge in [0.05, 0.1) is 15.6 Å². The van der Waals surface area contributed by atoms with Gasteiger partial charge in [0, 0.05) is 42.2 Å². The van der Waals surface area contributed by atoms with Gasteiger partial charge in [0.1, 0.15) is 0 Å². The molecule has 4 rings (SSSR count). The van der Waals surface area contributed by atoms with Crippen LogP contribution in [-0.4, -0.2) is 16.6 Å². The number of ketones is 1. The Morgan fingerprint density at radius 2 is 1.87 bits per heavy atom. The number of hydrogen-bond acceptors (Lipinski definition) is 4. The second-order valence-corrected chi connectivity index (χ2v) is 8.02. The minimum Gasteiger partial charge on any atom is -0.294 e. The summed E-state index contributed by atoms with van der Waals surface area (Å²) in [6.45, 7) is 2.07. The number of anilines is 1. The lowest BCUT2D eigenvalue weighted by molar-refractivity contribution is -0.384. The second-order valence-electron chi connectivity index (χ2n) is 7.61. The van der Waals surface area contributed by atoms with Crippen LogP contribution in [0.15, 0.2) is 53.7 Å². The van der Waals surface area contributed by atoms with E-state index >= 15 is 0 Å². The summed E-state index contributed by atoms with van der Waals surface area (Å²) in [6.07, 6.45) is 2.66. The molecule has 30 heavy (non-hydrogen) atoms. The molecule has 0 aromatic heterocycles. The Balaban J connectivity index is 1.86. The molecule has 6 nitrogen and oxygen atoms in total. The van der Waals surface area contributed by atoms with Crippen LogP contribution in [0.4, 0.5) is 11.4 Å². The normalized spacial score (nSPS) is 19.1. The molecule has 0 N–H and O–H groups in total. The van der Waals surface area contributed by atoms with E-state index in [4.69, 9.17) is 11.6 Å². The summed E-state index contributed by atoms with van der Waals surface area (Å²) in [4.78, 5) is 38.3. The van der Waals surface area contributed by atoms with Gasteiger partial charge in [-0.2, -0.15) is 0 Å². The van der Waals surface area contributed by atoms with Gasteiger partial charge in [-0.1, -0.05) is 42.8 Å². The van der Waals surface area contributed by atoms with Crippen LogP contribution in [0.25, 0.3) is 0 Å². The Hall–Kier alpha value is -2.99. The Bertz CT molecular complexity index is 1080. The van der Waals surface area contributed by atoms with Crippen LogP contribution in [0.1, 0.15) is 49.7 Å². The number of nitro benzene ring substituents is 1. The van der Waals surface area contributed by atoms with Crippen LogP contribution in [0.5, 0.6) is 0 Å². The molecule has 154 valence electrons. The Labute approximate surface area is 179 Å². The van der Waals surface area contributed by atoms with Crippen molar-refractivity contribution >= 4 is 34.7 Å². The average molecular weight is 425 g/mol. The molecular weight excluding hydrogens is 404 g/mol. The smallest absolute Gasteiger partial charge is 0.271 e. The third-order valence-corrected chi connectivity index (χ3v) is 6.17. The van der Waals surface area contributed by atoms with Crippen molar-refractivity contribution < 1.29 is 14.5 Å². The monoisotopic (exact) mass is 424 g/mol. The molecule has 1 aliphatic carbocycles. The number of aryl methyl sites for hydroxylation is 1. The van der Waals surface area contributed by atoms with Crippen molar-refractivity contribution in [3.63, 3.8) is 0 Å². The number of carbonyl (C=O) groups excluding carboxylic acids is 2. The second kappa shape index (κ2) is 8.03. The van der Waals surface area contributed by atoms with Crippen molar-refractivity contribution in [3.8, 4) is 0 Å². The lowest BCUT2D eigenvalue weighted by atomic mass is 9.77. The van der Waals surface area contributed by atoms with E-state index < -0.39 is 4.92 Å². The number of hydrogen-bond donors (Lipinski definition) is 0. The predicted octanol–water partition coefficient (Wildman–Crippen LogP) is 5.34. The van der Waals surface area contributed by atoms with E-state index in [0.717, 1.165) is 12.0 Å². The van der Waals surface area contributed by atoms with Crippen LogP contribution in [0.2, 0.25) is 5.02 Å². The van der Waals surface area contributed by atoms with Gasteiger partial charge < -0.3 is 0 Å². The van der Waals surface area contributed by atoms with Crippen molar-refractivity contribution in [1.29, 1.82) is 0 Å². The lowest BCUT2D eigenvalue weighted by Gasteiger charge is -2.38. The van der Waals surface area contributed by atoms with Gasteiger partial charge >= 0.3 is 0 Å². The average Bonchev–Trinajstić information content (AvgIpc) is 2.74.